The number of phenols is 1. The Bertz CT molecular complexity index is 479. The van der Waals surface area contributed by atoms with Crippen LogP contribution in [0.25, 0.3) is 10.9 Å². The number of nitrogens with two attached hydrogens (primary N) is 1. The SMILES string of the molecule is NCCCn1c(Cl)cc2cccc(O)c21. The first-order valence-corrected chi connectivity index (χ1v) is 5.28. The molecular formula is C11H13ClN2O. The maximum atomic E-state index is 9.75. The Morgan fingerprint density at radius 3 is 2.93 bits per heavy atom. The number of halogens is 1. The van der Waals surface area contributed by atoms with Gasteiger partial charge in [-0.15, -0.1) is 0 Å². The Hall–Kier alpha value is -1.19. The molecule has 0 atom stereocenters. The van der Waals surface area contributed by atoms with Gasteiger partial charge in [0.1, 0.15) is 10.9 Å². The van der Waals surface area contributed by atoms with E-state index in [1.54, 1.807) is 12.1 Å². The Balaban J connectivity index is 2.55. The molecule has 3 nitrogen and oxygen atoms in total. The summed E-state index contributed by atoms with van der Waals surface area (Å²) in [6, 6.07) is 7.26. The lowest BCUT2D eigenvalue weighted by Gasteiger charge is -2.06. The molecule has 15 heavy (non-hydrogen) atoms. The third-order valence-electron chi connectivity index (χ3n) is 2.43. The standard InChI is InChI=1S/C11H13ClN2O/c12-10-7-8-3-1-4-9(15)11(8)14(10)6-2-5-13/h1,3-4,7,15H,2,5-6,13H2. The van der Waals surface area contributed by atoms with Crippen molar-refractivity contribution in [2.24, 2.45) is 5.73 Å². The van der Waals surface area contributed by atoms with E-state index < -0.39 is 0 Å². The number of nitrogens with zero attached hydrogens (tertiary/aromatic N) is 1. The van der Waals surface area contributed by atoms with Gasteiger partial charge in [-0.3, -0.25) is 0 Å². The van der Waals surface area contributed by atoms with Crippen molar-refractivity contribution < 1.29 is 5.11 Å². The van der Waals surface area contributed by atoms with E-state index in [0.717, 1.165) is 23.9 Å². The first-order chi connectivity index (χ1) is 7.24. The van der Waals surface area contributed by atoms with Crippen LogP contribution in [0.3, 0.4) is 0 Å². The van der Waals surface area contributed by atoms with Crippen molar-refractivity contribution in [3.8, 4) is 5.75 Å². The number of hydrogen-bond acceptors (Lipinski definition) is 2. The summed E-state index contributed by atoms with van der Waals surface area (Å²) in [6.45, 7) is 1.35. The molecule has 1 aromatic carbocycles. The van der Waals surface area contributed by atoms with Crippen LogP contribution in [0.15, 0.2) is 24.3 Å². The van der Waals surface area contributed by atoms with Crippen molar-refractivity contribution in [3.63, 3.8) is 0 Å². The molecule has 80 valence electrons. The lowest BCUT2D eigenvalue weighted by Crippen LogP contribution is -2.05. The second-order valence-corrected chi connectivity index (χ2v) is 3.86. The van der Waals surface area contributed by atoms with Gasteiger partial charge in [-0.05, 0) is 25.1 Å². The molecule has 2 aromatic rings. The summed E-state index contributed by atoms with van der Waals surface area (Å²) in [5.74, 6) is 0.261. The maximum absolute atomic E-state index is 9.75. The van der Waals surface area contributed by atoms with E-state index in [0.29, 0.717) is 11.7 Å². The summed E-state index contributed by atoms with van der Waals surface area (Å²) in [6.07, 6.45) is 0.845. The highest BCUT2D eigenvalue weighted by molar-refractivity contribution is 6.31. The fraction of sp³-hybridized carbons (Fsp3) is 0.273. The van der Waals surface area contributed by atoms with E-state index in [-0.39, 0.29) is 5.75 Å². The van der Waals surface area contributed by atoms with E-state index in [9.17, 15) is 5.11 Å². The molecule has 0 aliphatic rings. The summed E-state index contributed by atoms with van der Waals surface area (Å²) < 4.78 is 1.89. The summed E-state index contributed by atoms with van der Waals surface area (Å²) >= 11 is 6.09. The van der Waals surface area contributed by atoms with Gasteiger partial charge in [0.15, 0.2) is 0 Å². The van der Waals surface area contributed by atoms with Gasteiger partial charge in [0.05, 0.1) is 5.52 Å². The van der Waals surface area contributed by atoms with E-state index in [1.807, 2.05) is 16.7 Å². The van der Waals surface area contributed by atoms with Crippen LogP contribution in [0.5, 0.6) is 5.75 Å². The smallest absolute Gasteiger partial charge is 0.139 e. The highest BCUT2D eigenvalue weighted by atomic mass is 35.5. The highest BCUT2D eigenvalue weighted by Crippen LogP contribution is 2.30. The predicted octanol–water partition coefficient (Wildman–Crippen LogP) is 2.35. The number of fused-ring (bicyclic) bond motifs is 1. The first-order valence-electron chi connectivity index (χ1n) is 4.91. The molecule has 1 heterocycles. The zero-order valence-electron chi connectivity index (χ0n) is 8.28. The molecule has 0 spiro atoms. The summed E-state index contributed by atoms with van der Waals surface area (Å²) in [4.78, 5) is 0. The molecule has 0 fully saturated rings. The van der Waals surface area contributed by atoms with Crippen molar-refractivity contribution >= 4 is 22.5 Å². The monoisotopic (exact) mass is 224 g/mol. The van der Waals surface area contributed by atoms with Crippen LogP contribution in [0, 0.1) is 0 Å². The van der Waals surface area contributed by atoms with Crippen molar-refractivity contribution in [2.75, 3.05) is 6.54 Å². The van der Waals surface area contributed by atoms with E-state index in [2.05, 4.69) is 0 Å². The van der Waals surface area contributed by atoms with Crippen molar-refractivity contribution in [1.29, 1.82) is 0 Å². The Kier molecular flexibility index (Phi) is 2.84. The molecule has 3 N–H and O–H groups in total. The number of rotatable bonds is 3. The number of aromatic nitrogens is 1. The third kappa shape index (κ3) is 1.80. The second kappa shape index (κ2) is 4.13. The van der Waals surface area contributed by atoms with Gasteiger partial charge in [0.2, 0.25) is 0 Å². The average molecular weight is 225 g/mol. The number of para-hydroxylation sites is 1. The van der Waals surface area contributed by atoms with Gasteiger partial charge in [0.25, 0.3) is 0 Å². The highest BCUT2D eigenvalue weighted by Gasteiger charge is 2.09. The van der Waals surface area contributed by atoms with Crippen LogP contribution in [0.1, 0.15) is 6.42 Å². The topological polar surface area (TPSA) is 51.2 Å². The first kappa shape index (κ1) is 10.3. The Labute approximate surface area is 93.1 Å². The van der Waals surface area contributed by atoms with Crippen LogP contribution >= 0.6 is 11.6 Å². The molecule has 0 aliphatic carbocycles. The fourth-order valence-corrected chi connectivity index (χ4v) is 2.03. The predicted molar refractivity (Wildman–Crippen MR) is 62.3 cm³/mol. The van der Waals surface area contributed by atoms with Crippen molar-refractivity contribution in [1.82, 2.24) is 4.57 Å². The minimum Gasteiger partial charge on any atom is -0.506 e. The van der Waals surface area contributed by atoms with E-state index in [4.69, 9.17) is 17.3 Å². The lowest BCUT2D eigenvalue weighted by molar-refractivity contribution is 0.477. The van der Waals surface area contributed by atoms with E-state index >= 15 is 0 Å². The fourth-order valence-electron chi connectivity index (χ4n) is 1.74. The molecule has 1 aromatic heterocycles. The number of aryl methyl sites for hydroxylation is 1. The van der Waals surface area contributed by atoms with E-state index in [1.165, 1.54) is 0 Å². The minimum absolute atomic E-state index is 0.261. The molecule has 0 unspecified atom stereocenters. The van der Waals surface area contributed by atoms with Crippen LogP contribution in [0.4, 0.5) is 0 Å². The van der Waals surface area contributed by atoms with Crippen LogP contribution in [-0.2, 0) is 6.54 Å². The zero-order chi connectivity index (χ0) is 10.8. The summed E-state index contributed by atoms with van der Waals surface area (Å²) in [5.41, 5.74) is 6.25. The normalized spacial score (nSPS) is 11.1. The van der Waals surface area contributed by atoms with Crippen molar-refractivity contribution in [3.05, 3.63) is 29.4 Å². The summed E-state index contributed by atoms with van der Waals surface area (Å²) in [5, 5.41) is 11.3. The maximum Gasteiger partial charge on any atom is 0.139 e. The zero-order valence-corrected chi connectivity index (χ0v) is 9.04. The number of benzene rings is 1. The Morgan fingerprint density at radius 2 is 2.20 bits per heavy atom. The minimum atomic E-state index is 0.261. The Morgan fingerprint density at radius 1 is 1.40 bits per heavy atom. The van der Waals surface area contributed by atoms with Crippen molar-refractivity contribution in [2.45, 2.75) is 13.0 Å². The molecule has 0 radical (unpaired) electrons. The molecule has 0 bridgehead atoms. The molecule has 4 heteroatoms. The average Bonchev–Trinajstić information content (AvgIpc) is 2.53. The largest absolute Gasteiger partial charge is 0.506 e. The molecule has 2 rings (SSSR count). The van der Waals surface area contributed by atoms with Gasteiger partial charge in [-0.1, -0.05) is 23.7 Å². The molecule has 0 saturated heterocycles. The van der Waals surface area contributed by atoms with Crippen LogP contribution in [0.2, 0.25) is 5.15 Å². The van der Waals surface area contributed by atoms with Crippen LogP contribution < -0.4 is 5.73 Å². The molecule has 0 saturated carbocycles. The molecular weight excluding hydrogens is 212 g/mol. The van der Waals surface area contributed by atoms with Gasteiger partial charge < -0.3 is 15.4 Å². The van der Waals surface area contributed by atoms with Crippen LogP contribution in [-0.4, -0.2) is 16.2 Å². The number of phenolic OH excluding ortho intramolecular Hbond substituents is 1. The quantitative estimate of drug-likeness (QED) is 0.841. The number of hydrogen-bond donors (Lipinski definition) is 2. The lowest BCUT2D eigenvalue weighted by atomic mass is 10.2. The third-order valence-corrected chi connectivity index (χ3v) is 2.75. The van der Waals surface area contributed by atoms with Gasteiger partial charge in [-0.25, -0.2) is 0 Å². The second-order valence-electron chi connectivity index (χ2n) is 3.48. The molecule has 0 aliphatic heterocycles. The summed E-state index contributed by atoms with van der Waals surface area (Å²) in [7, 11) is 0. The van der Waals surface area contributed by atoms with Gasteiger partial charge >= 0.3 is 0 Å². The van der Waals surface area contributed by atoms with Gasteiger partial charge in [0, 0.05) is 11.9 Å². The van der Waals surface area contributed by atoms with Gasteiger partial charge in [-0.2, -0.15) is 0 Å². The number of aromatic hydroxyl groups is 1. The molecule has 0 amide bonds.